The van der Waals surface area contributed by atoms with Gasteiger partial charge < -0.3 is 14.2 Å². The van der Waals surface area contributed by atoms with E-state index in [-0.39, 0.29) is 5.79 Å². The summed E-state index contributed by atoms with van der Waals surface area (Å²) >= 11 is 0. The number of ether oxygens (including phenoxy) is 3. The number of piperidine rings is 1. The molecule has 0 amide bonds. The fraction of sp³-hybridized carbons (Fsp3) is 0.500. The third-order valence-electron chi connectivity index (χ3n) is 8.06. The third-order valence-corrected chi connectivity index (χ3v) is 8.06. The first-order valence-corrected chi connectivity index (χ1v) is 13.4. The van der Waals surface area contributed by atoms with Gasteiger partial charge in [-0.2, -0.15) is 0 Å². The highest BCUT2D eigenvalue weighted by atomic mass is 16.7. The average Bonchev–Trinajstić information content (AvgIpc) is 2.88. The summed E-state index contributed by atoms with van der Waals surface area (Å²) < 4.78 is 18.7. The van der Waals surface area contributed by atoms with Gasteiger partial charge in [0, 0.05) is 56.2 Å². The molecule has 1 aromatic heterocycles. The SMILES string of the molecule is C1=CCCC(COc2ccc(/C=C/C3=CC4=C(CC3)OC3(CCN(C5CCC5)CC3)OC4)cn2)=C1. The zero-order valence-corrected chi connectivity index (χ0v) is 20.6. The summed E-state index contributed by atoms with van der Waals surface area (Å²) in [7, 11) is 0. The maximum Gasteiger partial charge on any atom is 0.213 e. The highest BCUT2D eigenvalue weighted by Gasteiger charge is 2.43. The van der Waals surface area contributed by atoms with Crippen molar-refractivity contribution in [3.63, 3.8) is 0 Å². The first-order chi connectivity index (χ1) is 17.2. The maximum absolute atomic E-state index is 6.52. The summed E-state index contributed by atoms with van der Waals surface area (Å²) in [6, 6.07) is 4.83. The topological polar surface area (TPSA) is 43.8 Å². The fourth-order valence-electron chi connectivity index (χ4n) is 5.57. The van der Waals surface area contributed by atoms with E-state index in [1.807, 2.05) is 12.3 Å². The molecule has 0 unspecified atom stereocenters. The van der Waals surface area contributed by atoms with E-state index in [2.05, 4.69) is 52.4 Å². The number of allylic oxidation sites excluding steroid dienone is 6. The van der Waals surface area contributed by atoms with Crippen LogP contribution in [0.25, 0.3) is 6.08 Å². The molecule has 2 aliphatic heterocycles. The van der Waals surface area contributed by atoms with Crippen molar-refractivity contribution in [2.45, 2.75) is 69.6 Å². The summed E-state index contributed by atoms with van der Waals surface area (Å²) in [5, 5.41) is 0. The molecule has 1 saturated carbocycles. The first-order valence-electron chi connectivity index (χ1n) is 13.4. The minimum atomic E-state index is -0.389. The lowest BCUT2D eigenvalue weighted by molar-refractivity contribution is -0.249. The van der Waals surface area contributed by atoms with Crippen LogP contribution in [0.4, 0.5) is 0 Å². The number of pyridine rings is 1. The zero-order chi connectivity index (χ0) is 23.5. The zero-order valence-electron chi connectivity index (χ0n) is 20.6. The van der Waals surface area contributed by atoms with Crippen molar-refractivity contribution in [3.8, 4) is 5.88 Å². The van der Waals surface area contributed by atoms with Crippen LogP contribution in [0.3, 0.4) is 0 Å². The van der Waals surface area contributed by atoms with Gasteiger partial charge in [-0.3, -0.25) is 4.90 Å². The van der Waals surface area contributed by atoms with Gasteiger partial charge in [0.2, 0.25) is 11.7 Å². The molecular formula is C30H36N2O3. The van der Waals surface area contributed by atoms with Crippen molar-refractivity contribution in [2.75, 3.05) is 26.3 Å². The maximum atomic E-state index is 6.52. The van der Waals surface area contributed by atoms with Crippen LogP contribution < -0.4 is 4.74 Å². The van der Waals surface area contributed by atoms with Gasteiger partial charge in [0.15, 0.2) is 0 Å². The van der Waals surface area contributed by atoms with Crippen molar-refractivity contribution in [1.82, 2.24) is 9.88 Å². The Balaban J connectivity index is 1.03. The van der Waals surface area contributed by atoms with Gasteiger partial charge in [0.05, 0.1) is 6.61 Å². The number of hydrogen-bond donors (Lipinski definition) is 0. The summed E-state index contributed by atoms with van der Waals surface area (Å²) in [5.41, 5.74) is 4.91. The number of likely N-dealkylation sites (tertiary alicyclic amines) is 1. The lowest BCUT2D eigenvalue weighted by Gasteiger charge is -2.48. The van der Waals surface area contributed by atoms with Gasteiger partial charge in [-0.1, -0.05) is 42.9 Å². The highest BCUT2D eigenvalue weighted by Crippen LogP contribution is 2.41. The van der Waals surface area contributed by atoms with Crippen molar-refractivity contribution < 1.29 is 14.2 Å². The molecular weight excluding hydrogens is 436 g/mol. The summed E-state index contributed by atoms with van der Waals surface area (Å²) in [6.07, 6.45) is 25.1. The standard InChI is InChI=1S/C30H36N2O3/c1-2-5-25(6-3-1)21-33-29-14-12-24(20-31-29)10-9-23-11-13-28-26(19-23)22-34-30(35-28)15-17-32(18-16-30)27-7-4-8-27/h1-2,5,9-10,12,14,19-20,27H,3-4,6-8,11,13,15-18,21-22H2/b10-9+. The molecule has 5 aliphatic rings. The third kappa shape index (κ3) is 5.31. The Kier molecular flexibility index (Phi) is 6.62. The largest absolute Gasteiger partial charge is 0.473 e. The van der Waals surface area contributed by atoms with Crippen molar-refractivity contribution in [1.29, 1.82) is 0 Å². The van der Waals surface area contributed by atoms with E-state index in [0.717, 1.165) is 69.0 Å². The van der Waals surface area contributed by atoms with E-state index in [1.54, 1.807) is 0 Å². The fourth-order valence-corrected chi connectivity index (χ4v) is 5.57. The molecule has 1 saturated heterocycles. The second-order valence-electron chi connectivity index (χ2n) is 10.4. The molecule has 0 bridgehead atoms. The molecule has 0 aromatic carbocycles. The Labute approximate surface area is 208 Å². The molecule has 1 spiro atoms. The van der Waals surface area contributed by atoms with Crippen LogP contribution in [0.5, 0.6) is 5.88 Å². The first kappa shape index (κ1) is 22.8. The number of aromatic nitrogens is 1. The second-order valence-corrected chi connectivity index (χ2v) is 10.4. The van der Waals surface area contributed by atoms with E-state index in [4.69, 9.17) is 14.2 Å². The molecule has 35 heavy (non-hydrogen) atoms. The van der Waals surface area contributed by atoms with Crippen molar-refractivity contribution in [3.05, 3.63) is 76.8 Å². The van der Waals surface area contributed by atoms with E-state index in [0.29, 0.717) is 19.1 Å². The molecule has 3 heterocycles. The predicted molar refractivity (Wildman–Crippen MR) is 138 cm³/mol. The molecule has 0 N–H and O–H groups in total. The Hall–Kier alpha value is -2.63. The molecule has 5 nitrogen and oxygen atoms in total. The Morgan fingerprint density at radius 2 is 2.03 bits per heavy atom. The lowest BCUT2D eigenvalue weighted by atomic mass is 9.88. The quantitative estimate of drug-likeness (QED) is 0.499. The van der Waals surface area contributed by atoms with Crippen LogP contribution in [0.15, 0.2) is 71.2 Å². The van der Waals surface area contributed by atoms with Crippen LogP contribution in [-0.4, -0.2) is 48.0 Å². The van der Waals surface area contributed by atoms with E-state index in [9.17, 15) is 0 Å². The summed E-state index contributed by atoms with van der Waals surface area (Å²) in [5.74, 6) is 1.44. The molecule has 184 valence electrons. The van der Waals surface area contributed by atoms with Crippen LogP contribution in [0.1, 0.15) is 63.4 Å². The van der Waals surface area contributed by atoms with Gasteiger partial charge >= 0.3 is 0 Å². The molecule has 1 aromatic rings. The van der Waals surface area contributed by atoms with Gasteiger partial charge in [-0.25, -0.2) is 4.98 Å². The minimum absolute atomic E-state index is 0.389. The molecule has 2 fully saturated rings. The van der Waals surface area contributed by atoms with Crippen LogP contribution in [-0.2, 0) is 9.47 Å². The summed E-state index contributed by atoms with van der Waals surface area (Å²) in [4.78, 5) is 7.12. The Morgan fingerprint density at radius 3 is 2.77 bits per heavy atom. The van der Waals surface area contributed by atoms with E-state index < -0.39 is 0 Å². The smallest absolute Gasteiger partial charge is 0.213 e. The Bertz CT molecular complexity index is 1070. The van der Waals surface area contributed by atoms with Crippen LogP contribution >= 0.6 is 0 Å². The monoisotopic (exact) mass is 472 g/mol. The molecule has 0 atom stereocenters. The van der Waals surface area contributed by atoms with Crippen LogP contribution in [0.2, 0.25) is 0 Å². The summed E-state index contributed by atoms with van der Waals surface area (Å²) in [6.45, 7) is 3.48. The highest BCUT2D eigenvalue weighted by molar-refractivity contribution is 5.54. The van der Waals surface area contributed by atoms with E-state index in [1.165, 1.54) is 36.0 Å². The number of nitrogens with zero attached hydrogens (tertiary/aromatic N) is 2. The minimum Gasteiger partial charge on any atom is -0.473 e. The van der Waals surface area contributed by atoms with Gasteiger partial charge in [-0.15, -0.1) is 0 Å². The van der Waals surface area contributed by atoms with Gasteiger partial charge in [0.1, 0.15) is 12.4 Å². The molecule has 5 heteroatoms. The molecule has 6 rings (SSSR count). The normalized spacial score (nSPS) is 24.6. The van der Waals surface area contributed by atoms with Crippen molar-refractivity contribution >= 4 is 6.08 Å². The Morgan fingerprint density at radius 1 is 1.11 bits per heavy atom. The average molecular weight is 473 g/mol. The number of hydrogen-bond acceptors (Lipinski definition) is 5. The van der Waals surface area contributed by atoms with Crippen molar-refractivity contribution in [2.24, 2.45) is 0 Å². The number of rotatable bonds is 6. The molecule has 0 radical (unpaired) electrons. The lowest BCUT2D eigenvalue weighted by Crippen LogP contribution is -2.53. The van der Waals surface area contributed by atoms with Crippen LogP contribution in [0, 0.1) is 0 Å². The van der Waals surface area contributed by atoms with Gasteiger partial charge in [0.25, 0.3) is 0 Å². The molecule has 3 aliphatic carbocycles. The second kappa shape index (κ2) is 10.2. The predicted octanol–water partition coefficient (Wildman–Crippen LogP) is 6.12. The van der Waals surface area contributed by atoms with Gasteiger partial charge in [-0.05, 0) is 54.9 Å². The van der Waals surface area contributed by atoms with E-state index >= 15 is 0 Å².